The molecule has 0 saturated carbocycles. The molecule has 1 N–H and O–H groups in total. The number of hydrogen-bond donors (Lipinski definition) is 1. The number of hydrogen-bond acceptors (Lipinski definition) is 4. The maximum atomic E-state index is 5.53. The van der Waals surface area contributed by atoms with Crippen molar-refractivity contribution in [1.29, 1.82) is 0 Å². The summed E-state index contributed by atoms with van der Waals surface area (Å²) in [5, 5.41) is 10.9. The van der Waals surface area contributed by atoms with Gasteiger partial charge in [-0.3, -0.25) is 0 Å². The smallest absolute Gasteiger partial charge is 0.248 e. The molecule has 4 nitrogen and oxygen atoms in total. The second kappa shape index (κ2) is 5.24. The van der Waals surface area contributed by atoms with Crippen molar-refractivity contribution in [2.45, 2.75) is 6.54 Å². The predicted molar refractivity (Wildman–Crippen MR) is 72.9 cm³/mol. The summed E-state index contributed by atoms with van der Waals surface area (Å²) in [6, 6.07) is 5.99. The topological polar surface area (TPSA) is 51.0 Å². The highest BCUT2D eigenvalue weighted by Gasteiger charge is 2.11. The van der Waals surface area contributed by atoms with E-state index < -0.39 is 0 Å². The molecule has 1 aromatic carbocycles. The Morgan fingerprint density at radius 2 is 2.25 bits per heavy atom. The van der Waals surface area contributed by atoms with Crippen molar-refractivity contribution in [2.24, 2.45) is 0 Å². The molecule has 0 bridgehead atoms. The molecule has 0 aliphatic heterocycles. The Labute approximate surface area is 115 Å². The lowest BCUT2D eigenvalue weighted by Crippen LogP contribution is -2.04. The summed E-state index contributed by atoms with van der Waals surface area (Å²) in [4.78, 5) is 0. The Balaban J connectivity index is 2.38. The van der Waals surface area contributed by atoms with Crippen LogP contribution in [0.3, 0.4) is 0 Å². The summed E-state index contributed by atoms with van der Waals surface area (Å²) in [7, 11) is 1.84. The quantitative estimate of drug-likeness (QED) is 0.814. The van der Waals surface area contributed by atoms with Crippen LogP contribution in [-0.2, 0) is 6.54 Å². The SMILES string of the molecule is CNCc1nnc(-c2cc(I)ccc2Br)o1. The molecule has 84 valence electrons. The number of aromatic nitrogens is 2. The first kappa shape index (κ1) is 12.0. The molecule has 0 atom stereocenters. The normalized spacial score (nSPS) is 10.7. The molecular weight excluding hydrogens is 385 g/mol. The van der Waals surface area contributed by atoms with Gasteiger partial charge >= 0.3 is 0 Å². The van der Waals surface area contributed by atoms with E-state index in [4.69, 9.17) is 4.42 Å². The highest BCUT2D eigenvalue weighted by Crippen LogP contribution is 2.28. The molecule has 0 amide bonds. The van der Waals surface area contributed by atoms with Gasteiger partial charge in [0, 0.05) is 8.04 Å². The van der Waals surface area contributed by atoms with Crippen molar-refractivity contribution in [3.63, 3.8) is 0 Å². The van der Waals surface area contributed by atoms with Crippen LogP contribution in [-0.4, -0.2) is 17.2 Å². The van der Waals surface area contributed by atoms with Crippen LogP contribution in [0.2, 0.25) is 0 Å². The summed E-state index contributed by atoms with van der Waals surface area (Å²) < 4.78 is 7.61. The van der Waals surface area contributed by atoms with E-state index in [1.165, 1.54) is 0 Å². The molecule has 1 aromatic heterocycles. The molecular formula is C10H9BrIN3O. The van der Waals surface area contributed by atoms with Crippen LogP contribution in [0.1, 0.15) is 5.89 Å². The molecule has 0 radical (unpaired) electrons. The number of benzene rings is 1. The van der Waals surface area contributed by atoms with Gasteiger partial charge in [-0.15, -0.1) is 10.2 Å². The summed E-state index contributed by atoms with van der Waals surface area (Å²) >= 11 is 5.72. The van der Waals surface area contributed by atoms with E-state index in [1.807, 2.05) is 25.2 Å². The van der Waals surface area contributed by atoms with Gasteiger partial charge in [-0.05, 0) is 63.8 Å². The Morgan fingerprint density at radius 3 is 3.00 bits per heavy atom. The van der Waals surface area contributed by atoms with Crippen molar-refractivity contribution in [3.05, 3.63) is 32.1 Å². The third-order valence-electron chi connectivity index (χ3n) is 1.95. The van der Waals surface area contributed by atoms with Crippen LogP contribution in [0.5, 0.6) is 0 Å². The minimum Gasteiger partial charge on any atom is -0.419 e. The minimum atomic E-state index is 0.538. The molecule has 0 aliphatic rings. The molecule has 2 rings (SSSR count). The van der Waals surface area contributed by atoms with Crippen LogP contribution >= 0.6 is 38.5 Å². The fraction of sp³-hybridized carbons (Fsp3) is 0.200. The highest BCUT2D eigenvalue weighted by atomic mass is 127. The molecule has 0 fully saturated rings. The lowest BCUT2D eigenvalue weighted by atomic mass is 10.2. The van der Waals surface area contributed by atoms with E-state index in [1.54, 1.807) is 0 Å². The second-order valence-corrected chi connectivity index (χ2v) is 5.26. The van der Waals surface area contributed by atoms with E-state index in [0.717, 1.165) is 13.6 Å². The molecule has 0 unspecified atom stereocenters. The predicted octanol–water partition coefficient (Wildman–Crippen LogP) is 2.82. The third-order valence-corrected chi connectivity index (χ3v) is 3.32. The number of nitrogens with zero attached hydrogens (tertiary/aromatic N) is 2. The van der Waals surface area contributed by atoms with Crippen molar-refractivity contribution < 1.29 is 4.42 Å². The van der Waals surface area contributed by atoms with Crippen LogP contribution in [0, 0.1) is 3.57 Å². The molecule has 0 aliphatic carbocycles. The van der Waals surface area contributed by atoms with Gasteiger partial charge in [-0.1, -0.05) is 0 Å². The fourth-order valence-corrected chi connectivity index (χ4v) is 2.15. The maximum absolute atomic E-state index is 5.53. The number of halogens is 2. The first-order valence-corrected chi connectivity index (χ1v) is 6.50. The molecule has 6 heteroatoms. The maximum Gasteiger partial charge on any atom is 0.248 e. The van der Waals surface area contributed by atoms with E-state index in [9.17, 15) is 0 Å². The van der Waals surface area contributed by atoms with Gasteiger partial charge in [0.15, 0.2) is 0 Å². The Kier molecular flexibility index (Phi) is 3.93. The van der Waals surface area contributed by atoms with E-state index in [2.05, 4.69) is 54.0 Å². The van der Waals surface area contributed by atoms with Crippen molar-refractivity contribution >= 4 is 38.5 Å². The van der Waals surface area contributed by atoms with Gasteiger partial charge in [0.25, 0.3) is 0 Å². The zero-order valence-corrected chi connectivity index (χ0v) is 12.2. The average molecular weight is 394 g/mol. The Hall–Kier alpha value is -0.470. The molecule has 0 saturated heterocycles. The standard InChI is InChI=1S/C10H9BrIN3O/c1-13-5-9-14-15-10(16-9)7-4-6(12)2-3-8(7)11/h2-4,13H,5H2,1H3. The Morgan fingerprint density at radius 1 is 1.44 bits per heavy atom. The van der Waals surface area contributed by atoms with Crippen LogP contribution < -0.4 is 5.32 Å². The summed E-state index contributed by atoms with van der Waals surface area (Å²) in [6.45, 7) is 0.578. The first-order chi connectivity index (χ1) is 7.70. The molecule has 0 spiro atoms. The van der Waals surface area contributed by atoms with Gasteiger partial charge in [-0.2, -0.15) is 0 Å². The highest BCUT2D eigenvalue weighted by molar-refractivity contribution is 14.1. The molecule has 2 aromatic rings. The fourth-order valence-electron chi connectivity index (χ4n) is 1.25. The molecule has 1 heterocycles. The van der Waals surface area contributed by atoms with Gasteiger partial charge in [-0.25, -0.2) is 0 Å². The van der Waals surface area contributed by atoms with Crippen molar-refractivity contribution in [1.82, 2.24) is 15.5 Å². The van der Waals surface area contributed by atoms with E-state index >= 15 is 0 Å². The van der Waals surface area contributed by atoms with Crippen LogP contribution in [0.25, 0.3) is 11.5 Å². The second-order valence-electron chi connectivity index (χ2n) is 3.16. The zero-order chi connectivity index (χ0) is 11.5. The first-order valence-electron chi connectivity index (χ1n) is 4.63. The minimum absolute atomic E-state index is 0.538. The monoisotopic (exact) mass is 393 g/mol. The van der Waals surface area contributed by atoms with Gasteiger partial charge in [0.05, 0.1) is 12.1 Å². The van der Waals surface area contributed by atoms with Gasteiger partial charge in [0.1, 0.15) is 0 Å². The van der Waals surface area contributed by atoms with Crippen LogP contribution in [0.15, 0.2) is 27.1 Å². The van der Waals surface area contributed by atoms with Crippen LogP contribution in [0.4, 0.5) is 0 Å². The summed E-state index contributed by atoms with van der Waals surface area (Å²) in [5.74, 6) is 1.12. The van der Waals surface area contributed by atoms with Gasteiger partial charge in [0.2, 0.25) is 11.8 Å². The Bertz CT molecular complexity index is 501. The summed E-state index contributed by atoms with van der Waals surface area (Å²) in [5.41, 5.74) is 0.918. The lowest BCUT2D eigenvalue weighted by molar-refractivity contribution is 0.490. The number of rotatable bonds is 3. The largest absolute Gasteiger partial charge is 0.419 e. The molecule has 16 heavy (non-hydrogen) atoms. The third kappa shape index (κ3) is 2.61. The zero-order valence-electron chi connectivity index (χ0n) is 8.50. The van der Waals surface area contributed by atoms with Crippen molar-refractivity contribution in [3.8, 4) is 11.5 Å². The lowest BCUT2D eigenvalue weighted by Gasteiger charge is -1.99. The average Bonchev–Trinajstić information content (AvgIpc) is 2.71. The van der Waals surface area contributed by atoms with E-state index in [-0.39, 0.29) is 0 Å². The number of nitrogens with one attached hydrogen (secondary N) is 1. The van der Waals surface area contributed by atoms with Gasteiger partial charge < -0.3 is 9.73 Å². The van der Waals surface area contributed by atoms with E-state index in [0.29, 0.717) is 18.3 Å². The summed E-state index contributed by atoms with van der Waals surface area (Å²) in [6.07, 6.45) is 0. The van der Waals surface area contributed by atoms with Crippen molar-refractivity contribution in [2.75, 3.05) is 7.05 Å².